The smallest absolute Gasteiger partial charge is 0.00526 e. The summed E-state index contributed by atoms with van der Waals surface area (Å²) < 4.78 is 0. The molecule has 0 aromatic carbocycles. The second-order valence-electron chi connectivity index (χ2n) is 5.74. The van der Waals surface area contributed by atoms with Gasteiger partial charge >= 0.3 is 0 Å². The molecule has 0 N–H and O–H groups in total. The molecule has 0 aliphatic heterocycles. The van der Waals surface area contributed by atoms with E-state index in [1.165, 1.54) is 29.6 Å². The highest BCUT2D eigenvalue weighted by Crippen LogP contribution is 2.32. The van der Waals surface area contributed by atoms with Crippen LogP contribution in [0.25, 0.3) is 0 Å². The van der Waals surface area contributed by atoms with E-state index in [1.54, 1.807) is 0 Å². The number of rotatable bonds is 2. The van der Waals surface area contributed by atoms with Gasteiger partial charge in [-0.15, -0.1) is 0 Å². The van der Waals surface area contributed by atoms with Crippen LogP contribution in [-0.2, 0) is 0 Å². The third-order valence-electron chi connectivity index (χ3n) is 4.29. The molecule has 0 heteroatoms. The van der Waals surface area contributed by atoms with E-state index < -0.39 is 0 Å². The average Bonchev–Trinajstić information content (AvgIpc) is 2.49. The summed E-state index contributed by atoms with van der Waals surface area (Å²) in [5.41, 5.74) is 4.40. The lowest BCUT2D eigenvalue weighted by Gasteiger charge is -2.23. The zero-order chi connectivity index (χ0) is 13.1. The highest BCUT2D eigenvalue weighted by atomic mass is 14.2. The third-order valence-corrected chi connectivity index (χ3v) is 4.29. The second kappa shape index (κ2) is 5.61. The van der Waals surface area contributed by atoms with E-state index in [4.69, 9.17) is 0 Å². The number of hydrogen-bond donors (Lipinski definition) is 0. The summed E-state index contributed by atoms with van der Waals surface area (Å²) in [7, 11) is 0. The molecule has 2 atom stereocenters. The molecular weight excluding hydrogens is 228 g/mol. The molecule has 0 saturated heterocycles. The molecule has 0 heterocycles. The van der Waals surface area contributed by atoms with Crippen molar-refractivity contribution in [3.05, 3.63) is 71.4 Å². The Morgan fingerprint density at radius 2 is 1.53 bits per heavy atom. The van der Waals surface area contributed by atoms with Crippen molar-refractivity contribution in [1.29, 1.82) is 0 Å². The van der Waals surface area contributed by atoms with Gasteiger partial charge in [-0.1, -0.05) is 60.3 Å². The molecule has 0 aromatic heterocycles. The predicted octanol–water partition coefficient (Wildman–Crippen LogP) is 5.29. The van der Waals surface area contributed by atoms with Crippen LogP contribution in [-0.4, -0.2) is 0 Å². The lowest BCUT2D eigenvalue weighted by molar-refractivity contribution is 0.718. The Labute approximate surface area is 116 Å². The fourth-order valence-corrected chi connectivity index (χ4v) is 3.04. The Morgan fingerprint density at radius 3 is 2.11 bits per heavy atom. The molecule has 98 valence electrons. The van der Waals surface area contributed by atoms with E-state index in [2.05, 4.69) is 61.6 Å². The van der Waals surface area contributed by atoms with Crippen molar-refractivity contribution in [2.45, 2.75) is 32.6 Å². The van der Waals surface area contributed by atoms with Crippen molar-refractivity contribution in [2.24, 2.45) is 11.8 Å². The van der Waals surface area contributed by atoms with E-state index in [0.29, 0.717) is 11.8 Å². The fourth-order valence-electron chi connectivity index (χ4n) is 3.04. The Kier molecular flexibility index (Phi) is 3.68. The quantitative estimate of drug-likeness (QED) is 0.625. The maximum Gasteiger partial charge on any atom is 0.00526 e. The van der Waals surface area contributed by atoms with Crippen molar-refractivity contribution in [3.63, 3.8) is 0 Å². The van der Waals surface area contributed by atoms with Gasteiger partial charge in [0.1, 0.15) is 0 Å². The van der Waals surface area contributed by atoms with Crippen molar-refractivity contribution in [1.82, 2.24) is 0 Å². The van der Waals surface area contributed by atoms with E-state index >= 15 is 0 Å². The molecule has 0 saturated carbocycles. The van der Waals surface area contributed by atoms with Gasteiger partial charge < -0.3 is 0 Å². The maximum absolute atomic E-state index is 2.44. The third kappa shape index (κ3) is 2.89. The SMILES string of the molecule is CC1=CCC(C2=CCC(C3=CCCC=C3)C=C2)C=C1. The summed E-state index contributed by atoms with van der Waals surface area (Å²) in [6.07, 6.45) is 25.9. The summed E-state index contributed by atoms with van der Waals surface area (Å²) >= 11 is 0. The molecule has 0 bridgehead atoms. The standard InChI is InChI=1S/C19H22/c1-15-7-9-17(10-8-15)19-13-11-18(12-14-19)16-5-3-2-4-6-16/h3,5-9,11,13-14,17-18H,2,4,10,12H2,1H3. The van der Waals surface area contributed by atoms with Crippen LogP contribution in [0.5, 0.6) is 0 Å². The minimum atomic E-state index is 0.594. The van der Waals surface area contributed by atoms with Crippen LogP contribution < -0.4 is 0 Å². The summed E-state index contributed by atoms with van der Waals surface area (Å²) in [5.74, 6) is 1.20. The lowest BCUT2D eigenvalue weighted by atomic mass is 9.82. The highest BCUT2D eigenvalue weighted by molar-refractivity contribution is 5.38. The monoisotopic (exact) mass is 250 g/mol. The van der Waals surface area contributed by atoms with Gasteiger partial charge in [-0.3, -0.25) is 0 Å². The number of allylic oxidation sites excluding steroid dienone is 12. The maximum atomic E-state index is 2.44. The van der Waals surface area contributed by atoms with Crippen LogP contribution in [0.15, 0.2) is 71.4 Å². The van der Waals surface area contributed by atoms with E-state index in [9.17, 15) is 0 Å². The van der Waals surface area contributed by atoms with E-state index in [1.807, 2.05) is 0 Å². The van der Waals surface area contributed by atoms with Gasteiger partial charge in [0.25, 0.3) is 0 Å². The normalized spacial score (nSPS) is 29.8. The Balaban J connectivity index is 1.65. The summed E-state index contributed by atoms with van der Waals surface area (Å²) in [4.78, 5) is 0. The van der Waals surface area contributed by atoms with E-state index in [0.717, 1.165) is 12.8 Å². The van der Waals surface area contributed by atoms with Gasteiger partial charge in [0, 0.05) is 11.8 Å². The van der Waals surface area contributed by atoms with Crippen molar-refractivity contribution < 1.29 is 0 Å². The van der Waals surface area contributed by atoms with Crippen LogP contribution in [0.4, 0.5) is 0 Å². The van der Waals surface area contributed by atoms with Crippen LogP contribution in [0.2, 0.25) is 0 Å². The molecule has 0 amide bonds. The fraction of sp³-hybridized carbons (Fsp3) is 0.368. The zero-order valence-electron chi connectivity index (χ0n) is 11.7. The van der Waals surface area contributed by atoms with Crippen LogP contribution in [0, 0.1) is 11.8 Å². The Morgan fingerprint density at radius 1 is 0.789 bits per heavy atom. The summed E-state index contributed by atoms with van der Waals surface area (Å²) in [6, 6.07) is 0. The first-order valence-electron chi connectivity index (χ1n) is 7.43. The molecule has 3 aliphatic carbocycles. The summed E-state index contributed by atoms with van der Waals surface area (Å²) in [6.45, 7) is 2.18. The van der Waals surface area contributed by atoms with Crippen molar-refractivity contribution in [3.8, 4) is 0 Å². The van der Waals surface area contributed by atoms with Crippen LogP contribution >= 0.6 is 0 Å². The molecular formula is C19H22. The first-order valence-corrected chi connectivity index (χ1v) is 7.43. The molecule has 2 unspecified atom stereocenters. The first kappa shape index (κ1) is 12.5. The van der Waals surface area contributed by atoms with Gasteiger partial charge in [-0.2, -0.15) is 0 Å². The average molecular weight is 250 g/mol. The Hall–Kier alpha value is -1.56. The Bertz CT molecular complexity index is 520. The highest BCUT2D eigenvalue weighted by Gasteiger charge is 2.17. The zero-order valence-corrected chi connectivity index (χ0v) is 11.7. The number of hydrogen-bond acceptors (Lipinski definition) is 0. The molecule has 0 nitrogen and oxygen atoms in total. The second-order valence-corrected chi connectivity index (χ2v) is 5.74. The largest absolute Gasteiger partial charge is 0.0839 e. The van der Waals surface area contributed by atoms with Gasteiger partial charge in [0.05, 0.1) is 0 Å². The van der Waals surface area contributed by atoms with E-state index in [-0.39, 0.29) is 0 Å². The van der Waals surface area contributed by atoms with Gasteiger partial charge in [0.15, 0.2) is 0 Å². The van der Waals surface area contributed by atoms with Crippen LogP contribution in [0.1, 0.15) is 32.6 Å². The minimum Gasteiger partial charge on any atom is -0.0839 e. The minimum absolute atomic E-state index is 0.594. The predicted molar refractivity (Wildman–Crippen MR) is 82.8 cm³/mol. The van der Waals surface area contributed by atoms with Gasteiger partial charge in [-0.25, -0.2) is 0 Å². The molecule has 0 aromatic rings. The van der Waals surface area contributed by atoms with Crippen molar-refractivity contribution >= 4 is 0 Å². The topological polar surface area (TPSA) is 0 Å². The molecule has 3 rings (SSSR count). The summed E-state index contributed by atoms with van der Waals surface area (Å²) in [5, 5.41) is 0. The van der Waals surface area contributed by atoms with Crippen molar-refractivity contribution in [2.75, 3.05) is 0 Å². The molecule has 19 heavy (non-hydrogen) atoms. The van der Waals surface area contributed by atoms with Crippen LogP contribution in [0.3, 0.4) is 0 Å². The molecule has 0 fully saturated rings. The van der Waals surface area contributed by atoms with Gasteiger partial charge in [-0.05, 0) is 43.8 Å². The van der Waals surface area contributed by atoms with Gasteiger partial charge in [0.2, 0.25) is 0 Å². The molecule has 0 radical (unpaired) electrons. The molecule has 0 spiro atoms. The first-order chi connectivity index (χ1) is 9.33. The molecule has 3 aliphatic rings. The lowest BCUT2D eigenvalue weighted by Crippen LogP contribution is -2.08.